The van der Waals surface area contributed by atoms with E-state index in [2.05, 4.69) is 38.1 Å². The number of aromatic nitrogens is 1. The largest absolute Gasteiger partial charge is 0.393 e. The van der Waals surface area contributed by atoms with E-state index < -0.39 is 0 Å². The highest BCUT2D eigenvalue weighted by atomic mass is 32.1. The molecule has 0 radical (unpaired) electrons. The first-order chi connectivity index (χ1) is 10.8. The Labute approximate surface area is 139 Å². The number of nitrogens with one attached hydrogen (secondary N) is 1. The van der Waals surface area contributed by atoms with Crippen LogP contribution in [0.2, 0.25) is 0 Å². The summed E-state index contributed by atoms with van der Waals surface area (Å²) in [5, 5.41) is 18.3. The van der Waals surface area contributed by atoms with Crippen molar-refractivity contribution >= 4 is 22.7 Å². The van der Waals surface area contributed by atoms with Crippen molar-refractivity contribution in [3.05, 3.63) is 28.6 Å². The maximum Gasteiger partial charge on any atom is 0.133 e. The van der Waals surface area contributed by atoms with Gasteiger partial charge >= 0.3 is 0 Å². The minimum absolute atomic E-state index is 0.0726. The first-order valence-electron chi connectivity index (χ1n) is 7.90. The molecule has 3 rings (SSSR count). The summed E-state index contributed by atoms with van der Waals surface area (Å²) < 4.78 is 0. The van der Waals surface area contributed by atoms with Crippen molar-refractivity contribution in [2.45, 2.75) is 31.9 Å². The van der Waals surface area contributed by atoms with Gasteiger partial charge in [-0.15, -0.1) is 22.7 Å². The van der Waals surface area contributed by atoms with Crippen LogP contribution in [0.25, 0.3) is 9.88 Å². The van der Waals surface area contributed by atoms with E-state index in [0.29, 0.717) is 0 Å². The molecular formula is C16H23N3OS2. The molecule has 0 aromatic carbocycles. The van der Waals surface area contributed by atoms with Crippen LogP contribution in [0.3, 0.4) is 0 Å². The number of aliphatic hydroxyl groups excluding tert-OH is 1. The zero-order valence-corrected chi connectivity index (χ0v) is 14.3. The minimum atomic E-state index is -0.0726. The van der Waals surface area contributed by atoms with Gasteiger partial charge in [0.2, 0.25) is 0 Å². The predicted molar refractivity (Wildman–Crippen MR) is 93.4 cm³/mol. The molecule has 2 N–H and O–H groups in total. The first kappa shape index (κ1) is 16.1. The Hall–Kier alpha value is -0.790. The maximum atomic E-state index is 9.49. The quantitative estimate of drug-likeness (QED) is 0.763. The van der Waals surface area contributed by atoms with Crippen LogP contribution in [0.1, 0.15) is 25.0 Å². The monoisotopic (exact) mass is 337 g/mol. The van der Waals surface area contributed by atoms with Gasteiger partial charge in [-0.05, 0) is 43.8 Å². The Bertz CT molecular complexity index is 548. The van der Waals surface area contributed by atoms with Crippen molar-refractivity contribution in [2.75, 3.05) is 26.2 Å². The van der Waals surface area contributed by atoms with Crippen LogP contribution in [0.4, 0.5) is 0 Å². The molecule has 2 aromatic heterocycles. The van der Waals surface area contributed by atoms with E-state index in [-0.39, 0.29) is 6.10 Å². The summed E-state index contributed by atoms with van der Waals surface area (Å²) in [5.74, 6) is 0. The highest BCUT2D eigenvalue weighted by molar-refractivity contribution is 7.20. The Morgan fingerprint density at radius 2 is 2.18 bits per heavy atom. The molecular weight excluding hydrogens is 314 g/mol. The summed E-state index contributed by atoms with van der Waals surface area (Å²) in [4.78, 5) is 8.38. The van der Waals surface area contributed by atoms with Crippen LogP contribution >= 0.6 is 22.7 Å². The van der Waals surface area contributed by atoms with Gasteiger partial charge in [0.05, 0.1) is 16.7 Å². The molecule has 3 heterocycles. The lowest BCUT2D eigenvalue weighted by atomic mass is 10.1. The fraction of sp³-hybridized carbons (Fsp3) is 0.562. The number of hydrogen-bond acceptors (Lipinski definition) is 6. The molecule has 1 aliphatic heterocycles. The molecule has 22 heavy (non-hydrogen) atoms. The molecule has 1 fully saturated rings. The van der Waals surface area contributed by atoms with Gasteiger partial charge in [-0.25, -0.2) is 4.98 Å². The fourth-order valence-electron chi connectivity index (χ4n) is 2.69. The average Bonchev–Trinajstić information content (AvgIpc) is 3.19. The van der Waals surface area contributed by atoms with Gasteiger partial charge in [0.25, 0.3) is 0 Å². The van der Waals surface area contributed by atoms with E-state index in [9.17, 15) is 5.11 Å². The van der Waals surface area contributed by atoms with Crippen LogP contribution in [0.5, 0.6) is 0 Å². The zero-order chi connectivity index (χ0) is 15.2. The Morgan fingerprint density at radius 1 is 1.32 bits per heavy atom. The number of hydrogen-bond donors (Lipinski definition) is 2. The molecule has 4 nitrogen and oxygen atoms in total. The molecule has 1 saturated heterocycles. The SMILES string of the molecule is OC1CCN(CCCNCc2csc(-c3cccs3)n2)CC1. The van der Waals surface area contributed by atoms with Crippen LogP contribution in [0.15, 0.2) is 22.9 Å². The maximum absolute atomic E-state index is 9.49. The van der Waals surface area contributed by atoms with E-state index in [1.807, 2.05) is 0 Å². The van der Waals surface area contributed by atoms with Gasteiger partial charge in [0.1, 0.15) is 5.01 Å². The molecule has 0 aliphatic carbocycles. The van der Waals surface area contributed by atoms with Crippen LogP contribution in [-0.2, 0) is 6.54 Å². The standard InChI is InChI=1S/C16H23N3OS2/c20-14-4-8-19(9-5-14)7-2-6-17-11-13-12-22-16(18-13)15-3-1-10-21-15/h1,3,10,12,14,17,20H,2,4-9,11H2. The van der Waals surface area contributed by atoms with E-state index in [1.54, 1.807) is 22.7 Å². The Morgan fingerprint density at radius 3 is 2.95 bits per heavy atom. The van der Waals surface area contributed by atoms with E-state index in [0.717, 1.165) is 62.7 Å². The van der Waals surface area contributed by atoms with Gasteiger partial charge in [-0.2, -0.15) is 0 Å². The normalized spacial score (nSPS) is 17.1. The third-order valence-corrected chi connectivity index (χ3v) is 5.91. The van der Waals surface area contributed by atoms with Gasteiger partial charge in [0, 0.05) is 25.0 Å². The van der Waals surface area contributed by atoms with Crippen LogP contribution in [0, 0.1) is 0 Å². The zero-order valence-electron chi connectivity index (χ0n) is 12.7. The van der Waals surface area contributed by atoms with Crippen LogP contribution < -0.4 is 5.32 Å². The lowest BCUT2D eigenvalue weighted by Crippen LogP contribution is -2.37. The van der Waals surface area contributed by atoms with Crippen molar-refractivity contribution < 1.29 is 5.11 Å². The number of piperidine rings is 1. The number of nitrogens with zero attached hydrogens (tertiary/aromatic N) is 2. The molecule has 1 aliphatic rings. The van der Waals surface area contributed by atoms with Gasteiger partial charge < -0.3 is 15.3 Å². The number of aliphatic hydroxyl groups is 1. The minimum Gasteiger partial charge on any atom is -0.393 e. The number of thiazole rings is 1. The van der Waals surface area contributed by atoms with Gasteiger partial charge in [-0.1, -0.05) is 6.07 Å². The fourth-order valence-corrected chi connectivity index (χ4v) is 4.32. The van der Waals surface area contributed by atoms with Gasteiger partial charge in [0.15, 0.2) is 0 Å². The summed E-state index contributed by atoms with van der Waals surface area (Å²) >= 11 is 3.46. The number of thiophene rings is 1. The Balaban J connectivity index is 1.32. The van der Waals surface area contributed by atoms with E-state index in [1.165, 1.54) is 4.88 Å². The summed E-state index contributed by atoms with van der Waals surface area (Å²) in [6.07, 6.45) is 2.93. The molecule has 0 unspecified atom stereocenters. The molecule has 0 atom stereocenters. The van der Waals surface area contributed by atoms with Crippen molar-refractivity contribution in [3.63, 3.8) is 0 Å². The van der Waals surface area contributed by atoms with E-state index in [4.69, 9.17) is 0 Å². The molecule has 2 aromatic rings. The second-order valence-electron chi connectivity index (χ2n) is 5.72. The topological polar surface area (TPSA) is 48.4 Å². The summed E-state index contributed by atoms with van der Waals surface area (Å²) in [7, 11) is 0. The summed E-state index contributed by atoms with van der Waals surface area (Å²) in [5.41, 5.74) is 1.13. The highest BCUT2D eigenvalue weighted by Crippen LogP contribution is 2.27. The first-order valence-corrected chi connectivity index (χ1v) is 9.66. The molecule has 0 saturated carbocycles. The molecule has 0 bridgehead atoms. The van der Waals surface area contributed by atoms with Crippen LogP contribution in [-0.4, -0.2) is 47.3 Å². The second kappa shape index (κ2) is 8.17. The van der Waals surface area contributed by atoms with Crippen molar-refractivity contribution in [1.82, 2.24) is 15.2 Å². The summed E-state index contributed by atoms with van der Waals surface area (Å²) in [6, 6.07) is 4.19. The molecule has 6 heteroatoms. The summed E-state index contributed by atoms with van der Waals surface area (Å²) in [6.45, 7) is 5.07. The molecule has 120 valence electrons. The number of likely N-dealkylation sites (tertiary alicyclic amines) is 1. The third-order valence-electron chi connectivity index (χ3n) is 3.97. The number of rotatable bonds is 7. The van der Waals surface area contributed by atoms with E-state index >= 15 is 0 Å². The van der Waals surface area contributed by atoms with Crippen molar-refractivity contribution in [2.24, 2.45) is 0 Å². The molecule has 0 amide bonds. The van der Waals surface area contributed by atoms with Crippen molar-refractivity contribution in [3.8, 4) is 9.88 Å². The predicted octanol–water partition coefficient (Wildman–Crippen LogP) is 2.81. The average molecular weight is 338 g/mol. The smallest absolute Gasteiger partial charge is 0.133 e. The van der Waals surface area contributed by atoms with Crippen molar-refractivity contribution in [1.29, 1.82) is 0 Å². The highest BCUT2D eigenvalue weighted by Gasteiger charge is 2.15. The third kappa shape index (κ3) is 4.60. The molecule has 0 spiro atoms. The lowest BCUT2D eigenvalue weighted by molar-refractivity contribution is 0.0821. The second-order valence-corrected chi connectivity index (χ2v) is 7.53. The lowest BCUT2D eigenvalue weighted by Gasteiger charge is -2.29. The van der Waals surface area contributed by atoms with Gasteiger partial charge in [-0.3, -0.25) is 0 Å². The Kier molecular flexibility index (Phi) is 5.97.